The molecule has 1 fully saturated rings. The number of carbonyl (C=O) groups excluding carboxylic acids is 1. The van der Waals surface area contributed by atoms with E-state index in [1.165, 1.54) is 0 Å². The standard InChI is InChI=1S/C17H20N2O3/c20-11-10-19(14-6-7-14)17(21)9-8-16-18-12-15(22-16)13-4-2-1-3-5-13/h1-5,12,14,20H,6-11H2. The van der Waals surface area contributed by atoms with E-state index in [1.807, 2.05) is 30.3 Å². The zero-order chi connectivity index (χ0) is 15.4. The van der Waals surface area contributed by atoms with Crippen LogP contribution in [0, 0.1) is 0 Å². The molecule has 1 aliphatic carbocycles. The van der Waals surface area contributed by atoms with Crippen molar-refractivity contribution in [2.45, 2.75) is 31.7 Å². The number of oxazole rings is 1. The van der Waals surface area contributed by atoms with Crippen LogP contribution in [-0.2, 0) is 11.2 Å². The summed E-state index contributed by atoms with van der Waals surface area (Å²) < 4.78 is 5.70. The summed E-state index contributed by atoms with van der Waals surface area (Å²) in [5.74, 6) is 1.36. The molecule has 0 saturated heterocycles. The minimum atomic E-state index is 0.0133. The molecule has 1 aliphatic rings. The van der Waals surface area contributed by atoms with Crippen LogP contribution in [0.3, 0.4) is 0 Å². The van der Waals surface area contributed by atoms with Crippen LogP contribution in [0.4, 0.5) is 0 Å². The van der Waals surface area contributed by atoms with Crippen LogP contribution >= 0.6 is 0 Å². The minimum absolute atomic E-state index is 0.0133. The Kier molecular flexibility index (Phi) is 4.53. The molecule has 0 spiro atoms. The molecule has 1 saturated carbocycles. The van der Waals surface area contributed by atoms with E-state index in [2.05, 4.69) is 4.98 Å². The maximum absolute atomic E-state index is 12.2. The van der Waals surface area contributed by atoms with E-state index in [0.29, 0.717) is 31.3 Å². The Bertz CT molecular complexity index is 620. The van der Waals surface area contributed by atoms with E-state index in [1.54, 1.807) is 11.1 Å². The van der Waals surface area contributed by atoms with Crippen LogP contribution in [0.25, 0.3) is 11.3 Å². The van der Waals surface area contributed by atoms with Crippen LogP contribution in [0.1, 0.15) is 25.2 Å². The van der Waals surface area contributed by atoms with Crippen molar-refractivity contribution in [2.24, 2.45) is 0 Å². The molecule has 22 heavy (non-hydrogen) atoms. The first-order chi connectivity index (χ1) is 10.8. The van der Waals surface area contributed by atoms with Crippen molar-refractivity contribution in [3.63, 3.8) is 0 Å². The zero-order valence-electron chi connectivity index (χ0n) is 12.4. The molecular formula is C17H20N2O3. The lowest BCUT2D eigenvalue weighted by atomic mass is 10.2. The first-order valence-corrected chi connectivity index (χ1v) is 7.68. The molecule has 2 aromatic rings. The Morgan fingerprint density at radius 1 is 1.32 bits per heavy atom. The van der Waals surface area contributed by atoms with Gasteiger partial charge in [0, 0.05) is 31.0 Å². The van der Waals surface area contributed by atoms with E-state index in [4.69, 9.17) is 9.52 Å². The Morgan fingerprint density at radius 2 is 2.09 bits per heavy atom. The van der Waals surface area contributed by atoms with Gasteiger partial charge in [-0.25, -0.2) is 4.98 Å². The second kappa shape index (κ2) is 6.75. The molecule has 0 unspecified atom stereocenters. The summed E-state index contributed by atoms with van der Waals surface area (Å²) in [7, 11) is 0. The molecule has 0 atom stereocenters. The molecule has 0 aliphatic heterocycles. The summed E-state index contributed by atoms with van der Waals surface area (Å²) in [6.07, 6.45) is 4.64. The smallest absolute Gasteiger partial charge is 0.223 e. The van der Waals surface area contributed by atoms with Crippen molar-refractivity contribution in [1.82, 2.24) is 9.88 Å². The number of aliphatic hydroxyl groups is 1. The second-order valence-corrected chi connectivity index (χ2v) is 5.53. The number of aliphatic hydroxyl groups excluding tert-OH is 1. The van der Waals surface area contributed by atoms with Gasteiger partial charge in [0.15, 0.2) is 11.7 Å². The molecule has 3 rings (SSSR count). The highest BCUT2D eigenvalue weighted by Gasteiger charge is 2.31. The summed E-state index contributed by atoms with van der Waals surface area (Å²) in [5, 5.41) is 9.05. The van der Waals surface area contributed by atoms with E-state index >= 15 is 0 Å². The lowest BCUT2D eigenvalue weighted by Crippen LogP contribution is -2.35. The third kappa shape index (κ3) is 3.54. The van der Waals surface area contributed by atoms with Gasteiger partial charge in [-0.05, 0) is 12.8 Å². The fraction of sp³-hybridized carbons (Fsp3) is 0.412. The molecule has 1 aromatic carbocycles. The van der Waals surface area contributed by atoms with Crippen molar-refractivity contribution >= 4 is 5.91 Å². The average molecular weight is 300 g/mol. The molecular weight excluding hydrogens is 280 g/mol. The Hall–Kier alpha value is -2.14. The van der Waals surface area contributed by atoms with Gasteiger partial charge in [0.05, 0.1) is 12.8 Å². The van der Waals surface area contributed by atoms with Crippen molar-refractivity contribution in [1.29, 1.82) is 0 Å². The van der Waals surface area contributed by atoms with Crippen molar-refractivity contribution < 1.29 is 14.3 Å². The molecule has 1 aromatic heterocycles. The number of hydrogen-bond acceptors (Lipinski definition) is 4. The van der Waals surface area contributed by atoms with Crippen molar-refractivity contribution in [3.05, 3.63) is 42.4 Å². The van der Waals surface area contributed by atoms with Gasteiger partial charge in [0.25, 0.3) is 0 Å². The topological polar surface area (TPSA) is 66.6 Å². The number of aryl methyl sites for hydroxylation is 1. The second-order valence-electron chi connectivity index (χ2n) is 5.53. The number of carbonyl (C=O) groups is 1. The van der Waals surface area contributed by atoms with E-state index in [-0.39, 0.29) is 12.5 Å². The lowest BCUT2D eigenvalue weighted by Gasteiger charge is -2.20. The molecule has 0 bridgehead atoms. The predicted octanol–water partition coefficient (Wildman–Crippen LogP) is 2.26. The van der Waals surface area contributed by atoms with Gasteiger partial charge in [0.1, 0.15) is 0 Å². The summed E-state index contributed by atoms with van der Waals surface area (Å²) >= 11 is 0. The lowest BCUT2D eigenvalue weighted by molar-refractivity contribution is -0.132. The van der Waals surface area contributed by atoms with Crippen molar-refractivity contribution in [3.8, 4) is 11.3 Å². The third-order valence-electron chi connectivity index (χ3n) is 3.81. The SMILES string of the molecule is O=C(CCc1ncc(-c2ccccc2)o1)N(CCO)C1CC1. The first kappa shape index (κ1) is 14.8. The number of aromatic nitrogens is 1. The van der Waals surface area contributed by atoms with Crippen LogP contribution in [0.5, 0.6) is 0 Å². The predicted molar refractivity (Wildman–Crippen MR) is 82.1 cm³/mol. The monoisotopic (exact) mass is 300 g/mol. The van der Waals surface area contributed by atoms with Gasteiger partial charge >= 0.3 is 0 Å². The highest BCUT2D eigenvalue weighted by molar-refractivity contribution is 5.77. The summed E-state index contributed by atoms with van der Waals surface area (Å²) in [4.78, 5) is 18.2. The van der Waals surface area contributed by atoms with Gasteiger partial charge in [-0.15, -0.1) is 0 Å². The normalized spacial score (nSPS) is 14.0. The van der Waals surface area contributed by atoms with Crippen LogP contribution in [0.15, 0.2) is 40.9 Å². The van der Waals surface area contributed by atoms with Crippen LogP contribution in [0.2, 0.25) is 0 Å². The molecule has 116 valence electrons. The number of amides is 1. The largest absolute Gasteiger partial charge is 0.441 e. The quantitative estimate of drug-likeness (QED) is 0.851. The van der Waals surface area contributed by atoms with Crippen LogP contribution < -0.4 is 0 Å². The molecule has 0 radical (unpaired) electrons. The molecule has 5 nitrogen and oxygen atoms in total. The van der Waals surface area contributed by atoms with Gasteiger partial charge < -0.3 is 14.4 Å². The molecule has 1 amide bonds. The summed E-state index contributed by atoms with van der Waals surface area (Å²) in [6.45, 7) is 0.434. The highest BCUT2D eigenvalue weighted by atomic mass is 16.4. The van der Waals surface area contributed by atoms with Gasteiger partial charge in [0.2, 0.25) is 5.91 Å². The van der Waals surface area contributed by atoms with Crippen LogP contribution in [-0.4, -0.2) is 40.1 Å². The minimum Gasteiger partial charge on any atom is -0.441 e. The van der Waals surface area contributed by atoms with E-state index in [9.17, 15) is 4.79 Å². The van der Waals surface area contributed by atoms with E-state index < -0.39 is 0 Å². The molecule has 1 N–H and O–H groups in total. The Labute approximate surface area is 129 Å². The summed E-state index contributed by atoms with van der Waals surface area (Å²) in [6, 6.07) is 10.1. The third-order valence-corrected chi connectivity index (χ3v) is 3.81. The fourth-order valence-corrected chi connectivity index (χ4v) is 2.52. The molecule has 1 heterocycles. The van der Waals surface area contributed by atoms with Gasteiger partial charge in [-0.2, -0.15) is 0 Å². The number of rotatable bonds is 7. The van der Waals surface area contributed by atoms with Crippen molar-refractivity contribution in [2.75, 3.05) is 13.2 Å². The molecule has 5 heteroatoms. The van der Waals surface area contributed by atoms with E-state index in [0.717, 1.165) is 24.2 Å². The zero-order valence-corrected chi connectivity index (χ0v) is 12.4. The maximum Gasteiger partial charge on any atom is 0.223 e. The number of benzene rings is 1. The number of nitrogens with zero attached hydrogens (tertiary/aromatic N) is 2. The number of hydrogen-bond donors (Lipinski definition) is 1. The van der Waals surface area contributed by atoms with Gasteiger partial charge in [-0.1, -0.05) is 30.3 Å². The highest BCUT2D eigenvalue weighted by Crippen LogP contribution is 2.27. The fourth-order valence-electron chi connectivity index (χ4n) is 2.52. The average Bonchev–Trinajstić information content (AvgIpc) is 3.28. The Balaban J connectivity index is 1.57. The maximum atomic E-state index is 12.2. The van der Waals surface area contributed by atoms with Gasteiger partial charge in [-0.3, -0.25) is 4.79 Å². The Morgan fingerprint density at radius 3 is 2.77 bits per heavy atom. The summed E-state index contributed by atoms with van der Waals surface area (Å²) in [5.41, 5.74) is 0.979. The first-order valence-electron chi connectivity index (χ1n) is 7.68.